The van der Waals surface area contributed by atoms with Gasteiger partial charge in [0.15, 0.2) is 0 Å². The van der Waals surface area contributed by atoms with E-state index in [-0.39, 0.29) is 12.2 Å². The van der Waals surface area contributed by atoms with Crippen molar-refractivity contribution in [2.24, 2.45) is 11.3 Å². The Kier molecular flexibility index (Phi) is 4.81. The summed E-state index contributed by atoms with van der Waals surface area (Å²) < 4.78 is 0. The molecular formula is C11H20O3. The van der Waals surface area contributed by atoms with Gasteiger partial charge in [-0.3, -0.25) is 9.59 Å². The van der Waals surface area contributed by atoms with Crippen LogP contribution in [0.2, 0.25) is 0 Å². The van der Waals surface area contributed by atoms with Crippen LogP contribution in [0.3, 0.4) is 0 Å². The Labute approximate surface area is 85.5 Å². The summed E-state index contributed by atoms with van der Waals surface area (Å²) in [5.41, 5.74) is -0.429. The highest BCUT2D eigenvalue weighted by Crippen LogP contribution is 2.22. The van der Waals surface area contributed by atoms with Gasteiger partial charge in [0.1, 0.15) is 5.78 Å². The summed E-state index contributed by atoms with van der Waals surface area (Å²) in [4.78, 5) is 22.4. The Bertz CT molecular complexity index is 213. The van der Waals surface area contributed by atoms with Gasteiger partial charge in [-0.05, 0) is 6.42 Å². The molecule has 0 spiro atoms. The van der Waals surface area contributed by atoms with Gasteiger partial charge in [0.05, 0.1) is 5.92 Å². The minimum Gasteiger partial charge on any atom is -0.481 e. The zero-order valence-electron chi connectivity index (χ0n) is 9.46. The largest absolute Gasteiger partial charge is 0.481 e. The van der Waals surface area contributed by atoms with E-state index in [0.717, 1.165) is 6.42 Å². The predicted molar refractivity (Wildman–Crippen MR) is 55.1 cm³/mol. The molecule has 0 rings (SSSR count). The van der Waals surface area contributed by atoms with Gasteiger partial charge >= 0.3 is 5.97 Å². The maximum atomic E-state index is 11.6. The van der Waals surface area contributed by atoms with Crippen molar-refractivity contribution >= 4 is 11.8 Å². The van der Waals surface area contributed by atoms with Gasteiger partial charge in [-0.25, -0.2) is 0 Å². The lowest BCUT2D eigenvalue weighted by Crippen LogP contribution is -2.26. The monoisotopic (exact) mass is 200 g/mol. The minimum absolute atomic E-state index is 0.0263. The van der Waals surface area contributed by atoms with E-state index in [9.17, 15) is 9.59 Å². The Hall–Kier alpha value is -0.860. The second kappa shape index (κ2) is 5.13. The van der Waals surface area contributed by atoms with E-state index in [1.807, 2.05) is 27.7 Å². The molecule has 0 saturated carbocycles. The molecule has 0 saturated heterocycles. The van der Waals surface area contributed by atoms with Crippen molar-refractivity contribution < 1.29 is 14.7 Å². The first-order valence-corrected chi connectivity index (χ1v) is 5.05. The third kappa shape index (κ3) is 4.40. The van der Waals surface area contributed by atoms with Crippen molar-refractivity contribution in [2.45, 2.75) is 47.0 Å². The quantitative estimate of drug-likeness (QED) is 0.741. The summed E-state index contributed by atoms with van der Waals surface area (Å²) in [6.45, 7) is 7.39. The molecule has 14 heavy (non-hydrogen) atoms. The molecule has 0 aliphatic carbocycles. The molecule has 82 valence electrons. The molecule has 0 fully saturated rings. The third-order valence-corrected chi connectivity index (χ3v) is 2.25. The standard InChI is InChI=1S/C11H20O3/c1-5-6-8(10(13)14)7-9(12)11(2,3)4/h8H,5-7H2,1-4H3,(H,13,14). The van der Waals surface area contributed by atoms with E-state index >= 15 is 0 Å². The zero-order valence-corrected chi connectivity index (χ0v) is 9.46. The average molecular weight is 200 g/mol. The number of aliphatic carboxylic acids is 1. The number of carboxylic acids is 1. The summed E-state index contributed by atoms with van der Waals surface area (Å²) in [6, 6.07) is 0. The highest BCUT2D eigenvalue weighted by atomic mass is 16.4. The van der Waals surface area contributed by atoms with Crippen molar-refractivity contribution in [1.82, 2.24) is 0 Å². The number of hydrogen-bond donors (Lipinski definition) is 1. The fraction of sp³-hybridized carbons (Fsp3) is 0.818. The molecule has 3 nitrogen and oxygen atoms in total. The maximum Gasteiger partial charge on any atom is 0.306 e. The van der Waals surface area contributed by atoms with Gasteiger partial charge in [0, 0.05) is 11.8 Å². The lowest BCUT2D eigenvalue weighted by atomic mass is 9.84. The van der Waals surface area contributed by atoms with Gasteiger partial charge in [-0.1, -0.05) is 34.1 Å². The van der Waals surface area contributed by atoms with Crippen LogP contribution in [0.15, 0.2) is 0 Å². The second-order valence-corrected chi connectivity index (χ2v) is 4.70. The fourth-order valence-electron chi connectivity index (χ4n) is 1.19. The van der Waals surface area contributed by atoms with Crippen molar-refractivity contribution in [1.29, 1.82) is 0 Å². The molecule has 1 atom stereocenters. The van der Waals surface area contributed by atoms with Gasteiger partial charge < -0.3 is 5.11 Å². The molecular weight excluding hydrogens is 180 g/mol. The Morgan fingerprint density at radius 3 is 2.07 bits per heavy atom. The summed E-state index contributed by atoms with van der Waals surface area (Å²) >= 11 is 0. The smallest absolute Gasteiger partial charge is 0.306 e. The van der Waals surface area contributed by atoms with Crippen LogP contribution in [0.4, 0.5) is 0 Å². The fourth-order valence-corrected chi connectivity index (χ4v) is 1.19. The number of hydrogen-bond acceptors (Lipinski definition) is 2. The number of carbonyl (C=O) groups excluding carboxylic acids is 1. The van der Waals surface area contributed by atoms with E-state index in [1.165, 1.54) is 0 Å². The molecule has 0 bridgehead atoms. The molecule has 0 aromatic rings. The Morgan fingerprint density at radius 1 is 1.29 bits per heavy atom. The van der Waals surface area contributed by atoms with Crippen molar-refractivity contribution in [3.8, 4) is 0 Å². The minimum atomic E-state index is -0.857. The summed E-state index contributed by atoms with van der Waals surface area (Å²) in [6.07, 6.45) is 1.54. The summed E-state index contributed by atoms with van der Waals surface area (Å²) in [5, 5.41) is 8.87. The SMILES string of the molecule is CCCC(CC(=O)C(C)(C)C)C(=O)O. The summed E-state index contributed by atoms with van der Waals surface area (Å²) in [5.74, 6) is -1.34. The van der Waals surface area contributed by atoms with Crippen LogP contribution in [0, 0.1) is 11.3 Å². The van der Waals surface area contributed by atoms with Gasteiger partial charge in [-0.2, -0.15) is 0 Å². The first kappa shape index (κ1) is 13.1. The van der Waals surface area contributed by atoms with Crippen molar-refractivity contribution in [2.75, 3.05) is 0 Å². The van der Waals surface area contributed by atoms with E-state index in [2.05, 4.69) is 0 Å². The van der Waals surface area contributed by atoms with Gasteiger partial charge in [0.2, 0.25) is 0 Å². The molecule has 1 unspecified atom stereocenters. The number of ketones is 1. The molecule has 0 radical (unpaired) electrons. The van der Waals surface area contributed by atoms with E-state index in [4.69, 9.17) is 5.11 Å². The van der Waals surface area contributed by atoms with Crippen LogP contribution in [0.5, 0.6) is 0 Å². The second-order valence-electron chi connectivity index (χ2n) is 4.70. The van der Waals surface area contributed by atoms with Crippen LogP contribution >= 0.6 is 0 Å². The lowest BCUT2D eigenvalue weighted by Gasteiger charge is -2.19. The van der Waals surface area contributed by atoms with Crippen molar-refractivity contribution in [3.05, 3.63) is 0 Å². The van der Waals surface area contributed by atoms with E-state index in [1.54, 1.807) is 0 Å². The van der Waals surface area contributed by atoms with E-state index in [0.29, 0.717) is 6.42 Å². The first-order chi connectivity index (χ1) is 6.29. The van der Waals surface area contributed by atoms with Crippen molar-refractivity contribution in [3.63, 3.8) is 0 Å². The highest BCUT2D eigenvalue weighted by molar-refractivity contribution is 5.87. The topological polar surface area (TPSA) is 54.4 Å². The molecule has 1 N–H and O–H groups in total. The van der Waals surface area contributed by atoms with Crippen LogP contribution < -0.4 is 0 Å². The number of carboxylic acid groups (broad SMARTS) is 1. The van der Waals surface area contributed by atoms with Gasteiger partial charge in [-0.15, -0.1) is 0 Å². The molecule has 0 heterocycles. The maximum absolute atomic E-state index is 11.6. The zero-order chi connectivity index (χ0) is 11.4. The molecule has 0 aromatic heterocycles. The van der Waals surface area contributed by atoms with Crippen LogP contribution in [-0.2, 0) is 9.59 Å². The average Bonchev–Trinajstić information content (AvgIpc) is 2.01. The molecule has 0 amide bonds. The first-order valence-electron chi connectivity index (χ1n) is 5.05. The molecule has 0 aromatic carbocycles. The van der Waals surface area contributed by atoms with Gasteiger partial charge in [0.25, 0.3) is 0 Å². The predicted octanol–water partition coefficient (Wildman–Crippen LogP) is 2.49. The Morgan fingerprint density at radius 2 is 1.79 bits per heavy atom. The molecule has 0 aliphatic rings. The molecule has 0 aliphatic heterocycles. The third-order valence-electron chi connectivity index (χ3n) is 2.25. The van der Waals surface area contributed by atoms with Crippen LogP contribution in [0.25, 0.3) is 0 Å². The molecule has 3 heteroatoms. The normalized spacial score (nSPS) is 13.7. The van der Waals surface area contributed by atoms with E-state index < -0.39 is 17.3 Å². The Balaban J connectivity index is 4.31. The van der Waals surface area contributed by atoms with Crippen LogP contribution in [0.1, 0.15) is 47.0 Å². The van der Waals surface area contributed by atoms with Crippen LogP contribution in [-0.4, -0.2) is 16.9 Å². The number of Topliss-reactive ketones (excluding diaryl/α,β-unsaturated/α-hetero) is 1. The lowest BCUT2D eigenvalue weighted by molar-refractivity contribution is -0.145. The highest BCUT2D eigenvalue weighted by Gasteiger charge is 2.27. The number of rotatable bonds is 5. The number of carbonyl (C=O) groups is 2. The summed E-state index contributed by atoms with van der Waals surface area (Å²) in [7, 11) is 0.